The molecule has 0 radical (unpaired) electrons. The molecule has 0 aromatic carbocycles. The van der Waals surface area contributed by atoms with Crippen molar-refractivity contribution in [2.45, 2.75) is 17.5 Å². The molecule has 1 atom stereocenters. The van der Waals surface area contributed by atoms with Crippen LogP contribution in [0.4, 0.5) is 0 Å². The van der Waals surface area contributed by atoms with Gasteiger partial charge in [-0.15, -0.1) is 0 Å². The number of nitrogens with zero attached hydrogens (tertiary/aromatic N) is 3. The second-order valence-electron chi connectivity index (χ2n) is 5.19. The average molecular weight is 326 g/mol. The highest BCUT2D eigenvalue weighted by atomic mass is 32.2. The summed E-state index contributed by atoms with van der Waals surface area (Å²) in [5.41, 5.74) is 1.17. The van der Waals surface area contributed by atoms with E-state index in [1.54, 1.807) is 23.0 Å². The minimum atomic E-state index is -3.55. The van der Waals surface area contributed by atoms with Gasteiger partial charge in [0.2, 0.25) is 0 Å². The van der Waals surface area contributed by atoms with E-state index in [-0.39, 0.29) is 11.1 Å². The van der Waals surface area contributed by atoms with Gasteiger partial charge in [-0.2, -0.15) is 11.3 Å². The number of nitrogens with one attached hydrogen (secondary N) is 1. The number of thiophene rings is 1. The molecule has 1 fully saturated rings. The molecule has 2 aromatic heterocycles. The molecule has 1 aliphatic heterocycles. The molecule has 114 valence electrons. The Labute approximate surface area is 128 Å². The molecule has 1 saturated heterocycles. The fraction of sp³-hybridized carbons (Fsp3) is 0.462. The molecule has 0 unspecified atom stereocenters. The lowest BCUT2D eigenvalue weighted by Crippen LogP contribution is -2.45. The summed E-state index contributed by atoms with van der Waals surface area (Å²) in [5.74, 6) is 0. The normalized spacial score (nSPS) is 17.6. The molecule has 0 spiro atoms. The van der Waals surface area contributed by atoms with Gasteiger partial charge >= 0.3 is 0 Å². The van der Waals surface area contributed by atoms with Gasteiger partial charge in [-0.05, 0) is 28.8 Å². The van der Waals surface area contributed by atoms with Crippen LogP contribution >= 0.6 is 11.3 Å². The first kappa shape index (κ1) is 14.7. The monoisotopic (exact) mass is 326 g/mol. The van der Waals surface area contributed by atoms with Crippen LogP contribution in [0.1, 0.15) is 18.0 Å². The summed E-state index contributed by atoms with van der Waals surface area (Å²) in [6, 6.07) is 2.16. The molecule has 0 saturated carbocycles. The van der Waals surface area contributed by atoms with Crippen molar-refractivity contribution in [1.82, 2.24) is 19.2 Å². The first-order valence-corrected chi connectivity index (χ1v) is 9.22. The zero-order valence-corrected chi connectivity index (χ0v) is 13.4. The lowest BCUT2D eigenvalue weighted by molar-refractivity contribution is 0.120. The molecule has 1 aliphatic rings. The number of hydrogen-bond acceptors (Lipinski definition) is 5. The molecule has 8 heteroatoms. The van der Waals surface area contributed by atoms with Crippen molar-refractivity contribution >= 4 is 21.4 Å². The van der Waals surface area contributed by atoms with Crippen LogP contribution in [0.2, 0.25) is 0 Å². The second kappa shape index (κ2) is 5.88. The number of aryl methyl sites for hydroxylation is 1. The summed E-state index contributed by atoms with van der Waals surface area (Å²) >= 11 is 1.63. The van der Waals surface area contributed by atoms with E-state index in [4.69, 9.17) is 0 Å². The van der Waals surface area contributed by atoms with Crippen molar-refractivity contribution in [3.05, 3.63) is 34.9 Å². The Balaban J connectivity index is 1.72. The van der Waals surface area contributed by atoms with Crippen LogP contribution in [0, 0.1) is 0 Å². The molecule has 0 amide bonds. The van der Waals surface area contributed by atoms with E-state index in [2.05, 4.69) is 26.1 Å². The molecular formula is C13H18N4O2S2. The topological polar surface area (TPSA) is 67.2 Å². The van der Waals surface area contributed by atoms with Gasteiger partial charge in [-0.1, -0.05) is 0 Å². The average Bonchev–Trinajstić information content (AvgIpc) is 3.02. The molecule has 3 rings (SSSR count). The largest absolute Gasteiger partial charge is 0.339 e. The molecule has 0 bridgehead atoms. The number of sulfonamides is 1. The smallest absolute Gasteiger partial charge is 0.259 e. The Morgan fingerprint density at radius 1 is 1.48 bits per heavy atom. The van der Waals surface area contributed by atoms with Crippen molar-refractivity contribution in [1.29, 1.82) is 0 Å². The lowest BCUT2D eigenvalue weighted by atomic mass is 10.1. The predicted octanol–water partition coefficient (Wildman–Crippen LogP) is 1.21. The van der Waals surface area contributed by atoms with Crippen LogP contribution in [-0.2, 0) is 17.1 Å². The zero-order chi connectivity index (χ0) is 14.9. The summed E-state index contributed by atoms with van der Waals surface area (Å²) in [5, 5.41) is 4.17. The third kappa shape index (κ3) is 3.18. The van der Waals surface area contributed by atoms with Crippen LogP contribution in [0.15, 0.2) is 34.4 Å². The van der Waals surface area contributed by atoms with E-state index in [9.17, 15) is 8.42 Å². The van der Waals surface area contributed by atoms with Gasteiger partial charge in [0.25, 0.3) is 10.0 Å². The first-order chi connectivity index (χ1) is 10.1. The van der Waals surface area contributed by atoms with Gasteiger partial charge in [0.05, 0.1) is 6.33 Å². The fourth-order valence-electron chi connectivity index (χ4n) is 2.36. The second-order valence-corrected chi connectivity index (χ2v) is 7.69. The third-order valence-electron chi connectivity index (χ3n) is 3.68. The van der Waals surface area contributed by atoms with Crippen molar-refractivity contribution in [3.63, 3.8) is 0 Å². The third-order valence-corrected chi connectivity index (χ3v) is 5.69. The zero-order valence-electron chi connectivity index (χ0n) is 11.8. The molecule has 21 heavy (non-hydrogen) atoms. The minimum Gasteiger partial charge on any atom is -0.339 e. The summed E-state index contributed by atoms with van der Waals surface area (Å²) in [6.45, 7) is 2.41. The number of imidazole rings is 1. The van der Waals surface area contributed by atoms with E-state index >= 15 is 0 Å². The molecule has 6 nitrogen and oxygen atoms in total. The van der Waals surface area contributed by atoms with Crippen LogP contribution in [0.5, 0.6) is 0 Å². The van der Waals surface area contributed by atoms with Gasteiger partial charge < -0.3 is 4.57 Å². The van der Waals surface area contributed by atoms with E-state index in [1.807, 2.05) is 5.38 Å². The molecular weight excluding hydrogens is 308 g/mol. The van der Waals surface area contributed by atoms with E-state index in [0.29, 0.717) is 6.54 Å². The lowest BCUT2D eigenvalue weighted by Gasteiger charge is -2.38. The minimum absolute atomic E-state index is 0.0673. The highest BCUT2D eigenvalue weighted by molar-refractivity contribution is 7.89. The molecule has 1 N–H and O–H groups in total. The first-order valence-electron chi connectivity index (χ1n) is 6.80. The maximum Gasteiger partial charge on any atom is 0.259 e. The number of rotatable bonds is 6. The van der Waals surface area contributed by atoms with Gasteiger partial charge in [0.15, 0.2) is 5.03 Å². The van der Waals surface area contributed by atoms with Crippen molar-refractivity contribution in [2.24, 2.45) is 7.05 Å². The highest BCUT2D eigenvalue weighted by Crippen LogP contribution is 2.27. The Bertz CT molecular complexity index is 690. The van der Waals surface area contributed by atoms with Crippen molar-refractivity contribution in [3.8, 4) is 0 Å². The summed E-state index contributed by atoms with van der Waals surface area (Å²) < 4.78 is 28.8. The van der Waals surface area contributed by atoms with Crippen molar-refractivity contribution in [2.75, 3.05) is 19.6 Å². The SMILES string of the molecule is Cn1cnc(S(=O)(=O)NC[C@@H](c2ccsc2)N2CCC2)c1. The van der Waals surface area contributed by atoms with Crippen LogP contribution < -0.4 is 4.72 Å². The number of likely N-dealkylation sites (tertiary alicyclic amines) is 1. The molecule has 3 heterocycles. The van der Waals surface area contributed by atoms with E-state index in [0.717, 1.165) is 13.1 Å². The van der Waals surface area contributed by atoms with Gasteiger partial charge in [-0.25, -0.2) is 18.1 Å². The summed E-state index contributed by atoms with van der Waals surface area (Å²) in [4.78, 5) is 6.20. The number of aromatic nitrogens is 2. The van der Waals surface area contributed by atoms with E-state index < -0.39 is 10.0 Å². The number of hydrogen-bond donors (Lipinski definition) is 1. The standard InChI is InChI=1S/C13H18N4O2S2/c1-16-8-13(14-10-16)21(18,19)15-7-12(17-4-2-5-17)11-3-6-20-9-11/h3,6,8-10,12,15H,2,4-5,7H2,1H3/t12-/m0/s1. The Morgan fingerprint density at radius 2 is 2.29 bits per heavy atom. The fourth-order valence-corrected chi connectivity index (χ4v) is 4.09. The van der Waals surface area contributed by atoms with Crippen molar-refractivity contribution < 1.29 is 8.42 Å². The van der Waals surface area contributed by atoms with Gasteiger partial charge in [0, 0.05) is 38.9 Å². The Morgan fingerprint density at radius 3 is 2.81 bits per heavy atom. The van der Waals surface area contributed by atoms with Gasteiger partial charge in [0.1, 0.15) is 0 Å². The quantitative estimate of drug-likeness (QED) is 0.866. The highest BCUT2D eigenvalue weighted by Gasteiger charge is 2.27. The Hall–Kier alpha value is -1.22. The molecule has 2 aromatic rings. The van der Waals surface area contributed by atoms with E-state index in [1.165, 1.54) is 24.5 Å². The Kier molecular flexibility index (Phi) is 4.12. The summed E-state index contributed by atoms with van der Waals surface area (Å²) in [6.07, 6.45) is 4.17. The van der Waals surface area contributed by atoms with Crippen LogP contribution in [-0.4, -0.2) is 42.5 Å². The maximum absolute atomic E-state index is 12.2. The summed E-state index contributed by atoms with van der Waals surface area (Å²) in [7, 11) is -1.80. The molecule has 0 aliphatic carbocycles. The van der Waals surface area contributed by atoms with Crippen LogP contribution in [0.3, 0.4) is 0 Å². The van der Waals surface area contributed by atoms with Gasteiger partial charge in [-0.3, -0.25) is 4.90 Å². The van der Waals surface area contributed by atoms with Crippen LogP contribution in [0.25, 0.3) is 0 Å². The maximum atomic E-state index is 12.2. The predicted molar refractivity (Wildman–Crippen MR) is 81.6 cm³/mol.